The van der Waals surface area contributed by atoms with E-state index in [1.54, 1.807) is 6.92 Å². The molecule has 4 N–H and O–H groups in total. The molecule has 14 heavy (non-hydrogen) atoms. The Labute approximate surface area is 84.8 Å². The van der Waals surface area contributed by atoms with Crippen molar-refractivity contribution in [2.45, 2.75) is 45.6 Å². The number of hydrogen-bond donors (Lipinski definition) is 2. The Kier molecular flexibility index (Phi) is 3.13. The molecule has 0 aromatic carbocycles. The lowest BCUT2D eigenvalue weighted by molar-refractivity contribution is -0.127. The summed E-state index contributed by atoms with van der Waals surface area (Å²) in [7, 11) is 0. The Morgan fingerprint density at radius 3 is 2.21 bits per heavy atom. The molecule has 0 aromatic rings. The van der Waals surface area contributed by atoms with E-state index in [0.717, 1.165) is 25.7 Å². The molecule has 0 heterocycles. The van der Waals surface area contributed by atoms with E-state index in [4.69, 9.17) is 11.5 Å². The predicted octanol–water partition coefficient (Wildman–Crippen LogP) is 0.798. The van der Waals surface area contributed by atoms with Gasteiger partial charge in [0, 0.05) is 5.41 Å². The first-order valence-corrected chi connectivity index (χ1v) is 5.04. The minimum absolute atomic E-state index is 0.143. The average molecular weight is 197 g/mol. The Morgan fingerprint density at radius 2 is 1.86 bits per heavy atom. The third-order valence-electron chi connectivity index (χ3n) is 3.24. The Bertz CT molecular complexity index is 248. The van der Waals surface area contributed by atoms with Crippen LogP contribution in [-0.4, -0.2) is 17.8 Å². The van der Waals surface area contributed by atoms with Gasteiger partial charge in [-0.1, -0.05) is 6.92 Å². The summed E-state index contributed by atoms with van der Waals surface area (Å²) in [6, 6.07) is 0.215. The summed E-state index contributed by atoms with van der Waals surface area (Å²) in [6.45, 7) is 3.70. The number of rotatable bonds is 2. The lowest BCUT2D eigenvalue weighted by atomic mass is 9.72. The van der Waals surface area contributed by atoms with E-state index >= 15 is 0 Å². The normalized spacial score (nSPS) is 32.3. The van der Waals surface area contributed by atoms with E-state index in [1.165, 1.54) is 0 Å². The Hall–Kier alpha value is -1.06. The summed E-state index contributed by atoms with van der Waals surface area (Å²) in [6.07, 6.45) is 3.61. The zero-order chi connectivity index (χ0) is 10.8. The van der Waals surface area contributed by atoms with E-state index < -0.39 is 0 Å². The van der Waals surface area contributed by atoms with E-state index in [1.807, 2.05) is 6.92 Å². The molecule has 0 amide bonds. The van der Waals surface area contributed by atoms with Gasteiger partial charge in [-0.3, -0.25) is 9.79 Å². The molecule has 1 aliphatic rings. The number of aliphatic imine (C=N–C) groups is 1. The molecule has 1 fully saturated rings. The van der Waals surface area contributed by atoms with Crippen LogP contribution in [0, 0.1) is 5.41 Å². The van der Waals surface area contributed by atoms with E-state index in [2.05, 4.69) is 4.99 Å². The third kappa shape index (κ3) is 2.47. The minimum atomic E-state index is -0.143. The Morgan fingerprint density at radius 1 is 1.36 bits per heavy atom. The summed E-state index contributed by atoms with van der Waals surface area (Å²) >= 11 is 0. The highest BCUT2D eigenvalue weighted by Gasteiger charge is 2.34. The molecule has 1 rings (SSSR count). The lowest BCUT2D eigenvalue weighted by Crippen LogP contribution is -2.34. The van der Waals surface area contributed by atoms with Crippen molar-refractivity contribution < 1.29 is 4.79 Å². The van der Waals surface area contributed by atoms with Gasteiger partial charge in [0.15, 0.2) is 5.96 Å². The van der Waals surface area contributed by atoms with Gasteiger partial charge in [-0.05, 0) is 32.6 Å². The summed E-state index contributed by atoms with van der Waals surface area (Å²) < 4.78 is 0. The van der Waals surface area contributed by atoms with E-state index in [9.17, 15) is 4.79 Å². The second-order valence-corrected chi connectivity index (χ2v) is 4.40. The van der Waals surface area contributed by atoms with E-state index in [-0.39, 0.29) is 23.2 Å². The van der Waals surface area contributed by atoms with Crippen LogP contribution < -0.4 is 11.5 Å². The molecule has 0 spiro atoms. The molecular weight excluding hydrogens is 178 g/mol. The van der Waals surface area contributed by atoms with Crippen molar-refractivity contribution in [1.29, 1.82) is 0 Å². The van der Waals surface area contributed by atoms with E-state index in [0.29, 0.717) is 0 Å². The first-order valence-electron chi connectivity index (χ1n) is 5.04. The van der Waals surface area contributed by atoms with Gasteiger partial charge in [0.25, 0.3) is 0 Å². The highest BCUT2D eigenvalue weighted by Crippen LogP contribution is 2.37. The summed E-state index contributed by atoms with van der Waals surface area (Å²) in [4.78, 5) is 15.5. The van der Waals surface area contributed by atoms with Gasteiger partial charge in [0.1, 0.15) is 5.78 Å². The van der Waals surface area contributed by atoms with Gasteiger partial charge >= 0.3 is 0 Å². The number of guanidine groups is 1. The predicted molar refractivity (Wildman–Crippen MR) is 56.9 cm³/mol. The zero-order valence-corrected chi connectivity index (χ0v) is 8.92. The van der Waals surface area contributed by atoms with Gasteiger partial charge in [-0.2, -0.15) is 0 Å². The number of nitrogens with zero attached hydrogens (tertiary/aromatic N) is 1. The maximum atomic E-state index is 11.4. The fourth-order valence-electron chi connectivity index (χ4n) is 1.93. The molecule has 0 bridgehead atoms. The van der Waals surface area contributed by atoms with Crippen molar-refractivity contribution in [3.8, 4) is 0 Å². The van der Waals surface area contributed by atoms with Crippen LogP contribution in [0.3, 0.4) is 0 Å². The highest BCUT2D eigenvalue weighted by atomic mass is 16.1. The van der Waals surface area contributed by atoms with Gasteiger partial charge < -0.3 is 11.5 Å². The standard InChI is InChI=1S/C10H19N3O/c1-7(14)10(2)5-3-8(4-6-10)13-9(11)12/h8H,3-6H2,1-2H3,(H4,11,12,13). The molecular formula is C10H19N3O. The lowest BCUT2D eigenvalue weighted by Gasteiger charge is -2.33. The monoisotopic (exact) mass is 197 g/mol. The van der Waals surface area contributed by atoms with Crippen molar-refractivity contribution in [2.75, 3.05) is 0 Å². The molecule has 0 unspecified atom stereocenters. The summed E-state index contributed by atoms with van der Waals surface area (Å²) in [5.41, 5.74) is 10.5. The van der Waals surface area contributed by atoms with Crippen molar-refractivity contribution in [3.05, 3.63) is 0 Å². The van der Waals surface area contributed by atoms with Gasteiger partial charge in [-0.25, -0.2) is 0 Å². The number of hydrogen-bond acceptors (Lipinski definition) is 2. The van der Waals surface area contributed by atoms with Crippen LogP contribution in [-0.2, 0) is 4.79 Å². The molecule has 0 saturated heterocycles. The van der Waals surface area contributed by atoms with Gasteiger partial charge in [0.2, 0.25) is 0 Å². The van der Waals surface area contributed by atoms with Crippen LogP contribution in [0.4, 0.5) is 0 Å². The van der Waals surface area contributed by atoms with Gasteiger partial charge in [0.05, 0.1) is 6.04 Å². The number of carbonyl (C=O) groups is 1. The SMILES string of the molecule is CC(=O)C1(C)CCC(N=C(N)N)CC1. The minimum Gasteiger partial charge on any atom is -0.370 e. The highest BCUT2D eigenvalue weighted by molar-refractivity contribution is 5.82. The fraction of sp³-hybridized carbons (Fsp3) is 0.800. The topological polar surface area (TPSA) is 81.5 Å². The number of nitrogens with two attached hydrogens (primary N) is 2. The molecule has 80 valence electrons. The smallest absolute Gasteiger partial charge is 0.186 e. The molecule has 0 aliphatic heterocycles. The zero-order valence-electron chi connectivity index (χ0n) is 8.92. The molecule has 0 aromatic heterocycles. The fourth-order valence-corrected chi connectivity index (χ4v) is 1.93. The quantitative estimate of drug-likeness (QED) is 0.507. The van der Waals surface area contributed by atoms with Crippen molar-refractivity contribution in [2.24, 2.45) is 21.9 Å². The maximum absolute atomic E-state index is 11.4. The third-order valence-corrected chi connectivity index (χ3v) is 3.24. The van der Waals surface area contributed by atoms with Crippen LogP contribution in [0.2, 0.25) is 0 Å². The van der Waals surface area contributed by atoms with Crippen molar-refractivity contribution >= 4 is 11.7 Å². The molecule has 1 aliphatic carbocycles. The second-order valence-electron chi connectivity index (χ2n) is 4.40. The van der Waals surface area contributed by atoms with Crippen LogP contribution in [0.25, 0.3) is 0 Å². The summed E-state index contributed by atoms with van der Waals surface area (Å²) in [5, 5.41) is 0. The van der Waals surface area contributed by atoms with Crippen LogP contribution in [0.15, 0.2) is 4.99 Å². The van der Waals surface area contributed by atoms with Crippen LogP contribution in [0.1, 0.15) is 39.5 Å². The van der Waals surface area contributed by atoms with Crippen LogP contribution in [0.5, 0.6) is 0 Å². The summed E-state index contributed by atoms with van der Waals surface area (Å²) in [5.74, 6) is 0.432. The number of ketones is 1. The van der Waals surface area contributed by atoms with Crippen LogP contribution >= 0.6 is 0 Å². The first-order chi connectivity index (χ1) is 6.44. The molecule has 0 radical (unpaired) electrons. The number of carbonyl (C=O) groups excluding carboxylic acids is 1. The van der Waals surface area contributed by atoms with Crippen molar-refractivity contribution in [1.82, 2.24) is 0 Å². The number of Topliss-reactive ketones (excluding diaryl/α,β-unsaturated/α-hetero) is 1. The largest absolute Gasteiger partial charge is 0.370 e. The molecule has 0 atom stereocenters. The molecule has 1 saturated carbocycles. The maximum Gasteiger partial charge on any atom is 0.186 e. The first kappa shape index (κ1) is 11.0. The Balaban J connectivity index is 2.54. The van der Waals surface area contributed by atoms with Gasteiger partial charge in [-0.15, -0.1) is 0 Å². The second kappa shape index (κ2) is 3.98. The molecule has 4 nitrogen and oxygen atoms in total. The van der Waals surface area contributed by atoms with Crippen molar-refractivity contribution in [3.63, 3.8) is 0 Å². The average Bonchev–Trinajstić information content (AvgIpc) is 2.08. The molecule has 4 heteroatoms.